The maximum Gasteiger partial charge on any atom is 0.255 e. The van der Waals surface area contributed by atoms with E-state index in [4.69, 9.17) is 5.11 Å². The minimum Gasteiger partial charge on any atom is -0.395 e. The second-order valence-corrected chi connectivity index (χ2v) is 3.07. The van der Waals surface area contributed by atoms with Crippen LogP contribution in [-0.2, 0) is 0 Å². The Hall–Kier alpha value is -1.50. The molecular formula is C9H14F2N4O. The van der Waals surface area contributed by atoms with Crippen LogP contribution in [0, 0.1) is 0 Å². The molecule has 0 fully saturated rings. The Kier molecular flexibility index (Phi) is 4.84. The van der Waals surface area contributed by atoms with Crippen LogP contribution in [0.3, 0.4) is 0 Å². The number of nitrogens with one attached hydrogen (secondary N) is 1. The summed E-state index contributed by atoms with van der Waals surface area (Å²) in [6.07, 6.45) is -1.18. The first-order chi connectivity index (χ1) is 7.67. The van der Waals surface area contributed by atoms with Crippen molar-refractivity contribution in [1.82, 2.24) is 9.97 Å². The summed E-state index contributed by atoms with van der Waals surface area (Å²) in [4.78, 5) is 9.08. The van der Waals surface area contributed by atoms with E-state index in [1.807, 2.05) is 0 Å². The van der Waals surface area contributed by atoms with E-state index in [-0.39, 0.29) is 13.2 Å². The highest BCUT2D eigenvalue weighted by Crippen LogP contribution is 2.14. The molecule has 1 aromatic heterocycles. The van der Waals surface area contributed by atoms with E-state index in [2.05, 4.69) is 15.3 Å². The number of aliphatic hydroxyl groups excluding tert-OH is 1. The molecule has 0 aliphatic rings. The van der Waals surface area contributed by atoms with E-state index in [1.165, 1.54) is 11.2 Å². The summed E-state index contributed by atoms with van der Waals surface area (Å²) in [5.74, 6) is 0.913. The monoisotopic (exact) mass is 232 g/mol. The Balaban J connectivity index is 2.82. The van der Waals surface area contributed by atoms with E-state index in [0.29, 0.717) is 11.6 Å². The van der Waals surface area contributed by atoms with E-state index in [0.717, 1.165) is 0 Å². The molecule has 0 atom stereocenters. The molecule has 0 saturated carbocycles. The fraction of sp³-hybridized carbons (Fsp3) is 0.556. The third kappa shape index (κ3) is 3.58. The Morgan fingerprint density at radius 1 is 1.50 bits per heavy atom. The van der Waals surface area contributed by atoms with Gasteiger partial charge in [0, 0.05) is 19.7 Å². The van der Waals surface area contributed by atoms with Gasteiger partial charge in [-0.2, -0.15) is 0 Å². The summed E-state index contributed by atoms with van der Waals surface area (Å²) in [6, 6.07) is 1.55. The van der Waals surface area contributed by atoms with Crippen LogP contribution in [0.2, 0.25) is 0 Å². The lowest BCUT2D eigenvalue weighted by Crippen LogP contribution is -2.32. The number of halogens is 2. The van der Waals surface area contributed by atoms with Crippen LogP contribution in [0.25, 0.3) is 0 Å². The summed E-state index contributed by atoms with van der Waals surface area (Å²) in [5, 5.41) is 11.6. The smallest absolute Gasteiger partial charge is 0.255 e. The zero-order chi connectivity index (χ0) is 12.0. The molecule has 0 aliphatic heterocycles. The van der Waals surface area contributed by atoms with Gasteiger partial charge in [0.15, 0.2) is 0 Å². The molecule has 0 spiro atoms. The second kappa shape index (κ2) is 6.16. The first-order valence-electron chi connectivity index (χ1n) is 4.81. The van der Waals surface area contributed by atoms with E-state index < -0.39 is 13.0 Å². The fourth-order valence-corrected chi connectivity index (χ4v) is 1.24. The molecule has 1 heterocycles. The van der Waals surface area contributed by atoms with Gasteiger partial charge in [0.05, 0.1) is 13.2 Å². The molecule has 7 heteroatoms. The highest BCUT2D eigenvalue weighted by Gasteiger charge is 2.13. The predicted octanol–water partition coefficient (Wildman–Crippen LogP) is 0.582. The van der Waals surface area contributed by atoms with Gasteiger partial charge in [-0.05, 0) is 0 Å². The number of rotatable bonds is 6. The largest absolute Gasteiger partial charge is 0.395 e. The number of hydrogen-bond donors (Lipinski definition) is 2. The van der Waals surface area contributed by atoms with Crippen LogP contribution in [0.5, 0.6) is 0 Å². The molecule has 0 radical (unpaired) electrons. The first-order valence-corrected chi connectivity index (χ1v) is 4.81. The fourth-order valence-electron chi connectivity index (χ4n) is 1.24. The Morgan fingerprint density at radius 2 is 2.25 bits per heavy atom. The summed E-state index contributed by atoms with van der Waals surface area (Å²) < 4.78 is 24.6. The van der Waals surface area contributed by atoms with E-state index >= 15 is 0 Å². The SMILES string of the molecule is CNc1cc(N(CCO)CC(F)F)ncn1. The molecule has 1 aromatic rings. The van der Waals surface area contributed by atoms with Crippen molar-refractivity contribution in [3.63, 3.8) is 0 Å². The van der Waals surface area contributed by atoms with Gasteiger partial charge >= 0.3 is 0 Å². The third-order valence-corrected chi connectivity index (χ3v) is 1.96. The lowest BCUT2D eigenvalue weighted by Gasteiger charge is -2.22. The van der Waals surface area contributed by atoms with Crippen molar-refractivity contribution in [3.8, 4) is 0 Å². The van der Waals surface area contributed by atoms with Gasteiger partial charge in [0.2, 0.25) is 0 Å². The quantitative estimate of drug-likeness (QED) is 0.751. The number of aliphatic hydroxyl groups is 1. The minimum absolute atomic E-state index is 0.116. The Labute approximate surface area is 92.1 Å². The zero-order valence-electron chi connectivity index (χ0n) is 8.90. The molecule has 0 unspecified atom stereocenters. The standard InChI is InChI=1S/C9H14F2N4O/c1-12-8-4-9(14-6-13-8)15(2-3-16)5-7(10)11/h4,6-7,16H,2-3,5H2,1H3,(H,12,13,14). The molecule has 2 N–H and O–H groups in total. The summed E-state index contributed by atoms with van der Waals surface area (Å²) in [5.41, 5.74) is 0. The average molecular weight is 232 g/mol. The lowest BCUT2D eigenvalue weighted by molar-refractivity contribution is 0.152. The first kappa shape index (κ1) is 12.6. The van der Waals surface area contributed by atoms with Crippen LogP contribution >= 0.6 is 0 Å². The van der Waals surface area contributed by atoms with Crippen molar-refractivity contribution in [2.75, 3.05) is 37.0 Å². The van der Waals surface area contributed by atoms with Gasteiger partial charge in [-0.3, -0.25) is 0 Å². The topological polar surface area (TPSA) is 61.3 Å². The van der Waals surface area contributed by atoms with Gasteiger partial charge in [-0.1, -0.05) is 0 Å². The van der Waals surface area contributed by atoms with Gasteiger partial charge in [-0.25, -0.2) is 18.7 Å². The zero-order valence-corrected chi connectivity index (χ0v) is 8.90. The molecule has 1 rings (SSSR count). The van der Waals surface area contributed by atoms with Crippen molar-refractivity contribution in [3.05, 3.63) is 12.4 Å². The highest BCUT2D eigenvalue weighted by molar-refractivity contribution is 5.48. The molecule has 16 heavy (non-hydrogen) atoms. The van der Waals surface area contributed by atoms with Crippen molar-refractivity contribution < 1.29 is 13.9 Å². The molecule has 90 valence electrons. The molecule has 0 bridgehead atoms. The van der Waals surface area contributed by atoms with E-state index in [9.17, 15) is 8.78 Å². The molecule has 0 aliphatic carbocycles. The van der Waals surface area contributed by atoms with Gasteiger partial charge in [-0.15, -0.1) is 0 Å². The van der Waals surface area contributed by atoms with Crippen molar-refractivity contribution in [2.24, 2.45) is 0 Å². The molecule has 0 amide bonds. The Bertz CT molecular complexity index is 324. The molecule has 0 saturated heterocycles. The van der Waals surface area contributed by atoms with E-state index in [1.54, 1.807) is 13.1 Å². The van der Waals surface area contributed by atoms with Crippen LogP contribution < -0.4 is 10.2 Å². The average Bonchev–Trinajstić information content (AvgIpc) is 2.28. The number of alkyl halides is 2. The Morgan fingerprint density at radius 3 is 2.81 bits per heavy atom. The van der Waals surface area contributed by atoms with Crippen LogP contribution in [0.1, 0.15) is 0 Å². The molecule has 5 nitrogen and oxygen atoms in total. The number of aromatic nitrogens is 2. The lowest BCUT2D eigenvalue weighted by atomic mass is 10.4. The van der Waals surface area contributed by atoms with Crippen molar-refractivity contribution in [2.45, 2.75) is 6.43 Å². The van der Waals surface area contributed by atoms with Crippen LogP contribution in [0.15, 0.2) is 12.4 Å². The van der Waals surface area contributed by atoms with Gasteiger partial charge < -0.3 is 15.3 Å². The number of hydrogen-bond acceptors (Lipinski definition) is 5. The number of nitrogens with zero attached hydrogens (tertiary/aromatic N) is 3. The third-order valence-electron chi connectivity index (χ3n) is 1.96. The summed E-state index contributed by atoms with van der Waals surface area (Å²) in [7, 11) is 1.68. The number of anilines is 2. The van der Waals surface area contributed by atoms with Gasteiger partial charge in [0.1, 0.15) is 18.0 Å². The van der Waals surface area contributed by atoms with Crippen molar-refractivity contribution >= 4 is 11.6 Å². The maximum atomic E-state index is 12.3. The molecular weight excluding hydrogens is 218 g/mol. The summed E-state index contributed by atoms with van der Waals surface area (Å²) in [6.45, 7) is -0.545. The van der Waals surface area contributed by atoms with Crippen LogP contribution in [0.4, 0.5) is 20.4 Å². The van der Waals surface area contributed by atoms with Crippen LogP contribution in [-0.4, -0.2) is 48.2 Å². The molecule has 0 aromatic carbocycles. The normalized spacial score (nSPS) is 10.6. The van der Waals surface area contributed by atoms with Crippen molar-refractivity contribution in [1.29, 1.82) is 0 Å². The second-order valence-electron chi connectivity index (χ2n) is 3.07. The van der Waals surface area contributed by atoms with Gasteiger partial charge in [0.25, 0.3) is 6.43 Å². The highest BCUT2D eigenvalue weighted by atomic mass is 19.3. The summed E-state index contributed by atoms with van der Waals surface area (Å²) >= 11 is 0. The maximum absolute atomic E-state index is 12.3. The minimum atomic E-state index is -2.47. The predicted molar refractivity (Wildman–Crippen MR) is 56.9 cm³/mol.